The maximum absolute atomic E-state index is 6.25. The van der Waals surface area contributed by atoms with Crippen LogP contribution in [-0.2, 0) is 23.7 Å². The second-order valence-electron chi connectivity index (χ2n) is 22.5. The van der Waals surface area contributed by atoms with Gasteiger partial charge in [-0.15, -0.1) is 0 Å². The topological polar surface area (TPSA) is 18.1 Å². The molecular formula is C77H49NO. The molecule has 1 aliphatic heterocycles. The van der Waals surface area contributed by atoms with E-state index in [0.29, 0.717) is 0 Å². The van der Waals surface area contributed by atoms with Crippen LogP contribution in [0.4, 0.5) is 0 Å². The van der Waals surface area contributed by atoms with Crippen LogP contribution >= 0.6 is 0 Å². The van der Waals surface area contributed by atoms with E-state index in [9.17, 15) is 0 Å². The summed E-state index contributed by atoms with van der Waals surface area (Å²) in [6.07, 6.45) is 1.76. The van der Waals surface area contributed by atoms with Crippen molar-refractivity contribution in [2.24, 2.45) is 0 Å². The van der Waals surface area contributed by atoms with Gasteiger partial charge in [-0.2, -0.15) is 0 Å². The third kappa shape index (κ3) is 5.65. The third-order valence-electron chi connectivity index (χ3n) is 18.9. The van der Waals surface area contributed by atoms with Gasteiger partial charge in [-0.1, -0.05) is 237 Å². The summed E-state index contributed by atoms with van der Waals surface area (Å²) in [7, 11) is 0. The molecule has 3 heterocycles. The molecule has 0 saturated carbocycles. The molecule has 12 aromatic carbocycles. The number of hydrogen-bond donors (Lipinski definition) is 0. The zero-order valence-corrected chi connectivity index (χ0v) is 43.3. The minimum absolute atomic E-state index is 0.179. The van der Waals surface area contributed by atoms with Crippen LogP contribution in [0.25, 0.3) is 93.9 Å². The van der Waals surface area contributed by atoms with E-state index in [-0.39, 0.29) is 5.92 Å². The molecule has 79 heavy (non-hydrogen) atoms. The summed E-state index contributed by atoms with van der Waals surface area (Å²) in [4.78, 5) is 0. The number of hydrogen-bond acceptors (Lipinski definition) is 1. The van der Waals surface area contributed by atoms with Crippen molar-refractivity contribution in [2.45, 2.75) is 29.6 Å². The number of fused-ring (bicyclic) bond motifs is 25. The van der Waals surface area contributed by atoms with Crippen molar-refractivity contribution in [3.05, 3.63) is 328 Å². The van der Waals surface area contributed by atoms with Crippen molar-refractivity contribution in [1.82, 2.24) is 4.57 Å². The van der Waals surface area contributed by atoms with E-state index < -0.39 is 10.8 Å². The lowest BCUT2D eigenvalue weighted by molar-refractivity contribution is 0.669. The first-order valence-corrected chi connectivity index (χ1v) is 28.0. The summed E-state index contributed by atoms with van der Waals surface area (Å²) < 4.78 is 8.79. The Balaban J connectivity index is 0.795. The predicted molar refractivity (Wildman–Crippen MR) is 324 cm³/mol. The largest absolute Gasteiger partial charge is 0.456 e. The second kappa shape index (κ2) is 15.9. The van der Waals surface area contributed by atoms with E-state index in [0.717, 1.165) is 34.8 Å². The van der Waals surface area contributed by atoms with Gasteiger partial charge in [-0.05, 0) is 155 Å². The molecule has 14 aromatic rings. The number of benzene rings is 12. The SMILES string of the molecule is c1ccc2c(c1)-c1ccccc1C21c2ccccc2-c2ccc(CC(Cc3ccc4c(c3)-c3ccccc3C43c4ccccc4-n4c5ccccc5c5cccc3c54)c3ccc(-c4ccc5oc6ccccc6c5c4)cc3)cc21. The van der Waals surface area contributed by atoms with E-state index in [4.69, 9.17) is 4.42 Å². The molecule has 0 N–H and O–H groups in total. The third-order valence-corrected chi connectivity index (χ3v) is 18.9. The maximum atomic E-state index is 6.25. The number of para-hydroxylation sites is 4. The van der Waals surface area contributed by atoms with Crippen molar-refractivity contribution in [3.8, 4) is 50.2 Å². The van der Waals surface area contributed by atoms with Gasteiger partial charge in [-0.3, -0.25) is 0 Å². The van der Waals surface area contributed by atoms with Gasteiger partial charge in [-0.25, -0.2) is 0 Å². The normalized spacial score (nSPS) is 15.8. The number of nitrogens with zero attached hydrogens (tertiary/aromatic N) is 1. The quantitative estimate of drug-likeness (QED) is 0.162. The zero-order valence-electron chi connectivity index (χ0n) is 43.3. The highest BCUT2D eigenvalue weighted by atomic mass is 16.3. The molecule has 4 aliphatic rings. The van der Waals surface area contributed by atoms with Crippen LogP contribution < -0.4 is 0 Å². The van der Waals surface area contributed by atoms with Gasteiger partial charge in [0.05, 0.1) is 27.6 Å². The number of aromatic nitrogens is 1. The fourth-order valence-corrected chi connectivity index (χ4v) is 15.7. The Morgan fingerprint density at radius 2 is 0.823 bits per heavy atom. The van der Waals surface area contributed by atoms with Gasteiger partial charge in [0.15, 0.2) is 0 Å². The van der Waals surface area contributed by atoms with Crippen molar-refractivity contribution in [1.29, 1.82) is 0 Å². The summed E-state index contributed by atoms with van der Waals surface area (Å²) in [5, 5.41) is 4.89. The Labute approximate surface area is 458 Å². The lowest BCUT2D eigenvalue weighted by Crippen LogP contribution is -2.33. The summed E-state index contributed by atoms with van der Waals surface area (Å²) in [5.41, 5.74) is 30.1. The Bertz CT molecular complexity index is 4870. The minimum atomic E-state index is -0.485. The molecule has 2 atom stereocenters. The fourth-order valence-electron chi connectivity index (χ4n) is 15.7. The molecule has 2 unspecified atom stereocenters. The van der Waals surface area contributed by atoms with Crippen LogP contribution in [0.15, 0.2) is 271 Å². The van der Waals surface area contributed by atoms with Gasteiger partial charge in [0.2, 0.25) is 0 Å². The number of furan rings is 1. The van der Waals surface area contributed by atoms with E-state index in [1.54, 1.807) is 0 Å². The molecule has 368 valence electrons. The van der Waals surface area contributed by atoms with Gasteiger partial charge in [0.1, 0.15) is 11.2 Å². The highest BCUT2D eigenvalue weighted by Gasteiger charge is 2.53. The average molecular weight is 1000 g/mol. The van der Waals surface area contributed by atoms with Crippen LogP contribution in [0.5, 0.6) is 0 Å². The van der Waals surface area contributed by atoms with Crippen molar-refractivity contribution in [3.63, 3.8) is 0 Å². The standard InChI is InChI=1S/C77H49NO/c1-7-23-63-53(16-1)54-17-2-8-24-64(54)76(63)65-25-9-3-18-55(65)57-39-32-48(45-70(57)76)43-52(50-36-34-49(35-37-50)51-38-41-74-62(46-51)59-21-6-14-31-73(59)79-74)42-47-33-40-67-61(44-47)56-19-4-10-26-66(56)77(67)68-27-11-13-30-72(68)78-71-29-12-5-20-58(71)60-22-15-28-69(77)75(60)78/h1-41,44-46,52H,42-43H2. The summed E-state index contributed by atoms with van der Waals surface area (Å²) in [6, 6.07) is 101. The van der Waals surface area contributed by atoms with E-state index >= 15 is 0 Å². The van der Waals surface area contributed by atoms with E-state index in [1.165, 1.54) is 133 Å². The van der Waals surface area contributed by atoms with Crippen LogP contribution in [0.1, 0.15) is 67.1 Å². The molecule has 2 nitrogen and oxygen atoms in total. The van der Waals surface area contributed by atoms with Crippen LogP contribution in [-0.4, -0.2) is 4.57 Å². The smallest absolute Gasteiger partial charge is 0.135 e. The molecular weight excluding hydrogens is 955 g/mol. The van der Waals surface area contributed by atoms with Gasteiger partial charge >= 0.3 is 0 Å². The summed E-state index contributed by atoms with van der Waals surface area (Å²) >= 11 is 0. The molecule has 18 rings (SSSR count). The van der Waals surface area contributed by atoms with Crippen molar-refractivity contribution in [2.75, 3.05) is 0 Å². The number of rotatable bonds is 6. The van der Waals surface area contributed by atoms with Crippen molar-refractivity contribution >= 4 is 43.7 Å². The van der Waals surface area contributed by atoms with E-state index in [1.807, 2.05) is 6.07 Å². The molecule has 0 saturated heterocycles. The highest BCUT2D eigenvalue weighted by molar-refractivity contribution is 6.13. The summed E-state index contributed by atoms with van der Waals surface area (Å²) in [6.45, 7) is 0. The molecule has 3 aliphatic carbocycles. The molecule has 2 heteroatoms. The Morgan fingerprint density at radius 1 is 0.316 bits per heavy atom. The van der Waals surface area contributed by atoms with Crippen LogP contribution in [0, 0.1) is 0 Å². The zero-order chi connectivity index (χ0) is 51.6. The fraction of sp³-hybridized carbons (Fsp3) is 0.0649. The van der Waals surface area contributed by atoms with E-state index in [2.05, 4.69) is 265 Å². The Kier molecular flexibility index (Phi) is 8.73. The first kappa shape index (κ1) is 43.4. The molecule has 2 aromatic heterocycles. The van der Waals surface area contributed by atoms with Crippen LogP contribution in [0.2, 0.25) is 0 Å². The van der Waals surface area contributed by atoms with Gasteiger partial charge in [0.25, 0.3) is 0 Å². The lowest BCUT2D eigenvalue weighted by atomic mass is 9.65. The maximum Gasteiger partial charge on any atom is 0.135 e. The highest BCUT2D eigenvalue weighted by Crippen LogP contribution is 2.64. The van der Waals surface area contributed by atoms with Gasteiger partial charge in [0, 0.05) is 21.5 Å². The second-order valence-corrected chi connectivity index (χ2v) is 22.5. The molecule has 0 bridgehead atoms. The minimum Gasteiger partial charge on any atom is -0.456 e. The van der Waals surface area contributed by atoms with Gasteiger partial charge < -0.3 is 8.98 Å². The molecule has 2 spiro atoms. The first-order chi connectivity index (χ1) is 39.2. The molecule has 0 fully saturated rings. The monoisotopic (exact) mass is 1000 g/mol. The lowest BCUT2D eigenvalue weighted by Gasteiger charge is -2.39. The van der Waals surface area contributed by atoms with Crippen LogP contribution in [0.3, 0.4) is 0 Å². The average Bonchev–Trinajstić information content (AvgIpc) is 3.30. The summed E-state index contributed by atoms with van der Waals surface area (Å²) in [5.74, 6) is 0.179. The molecule has 0 radical (unpaired) electrons. The Hall–Kier alpha value is -9.76. The molecule has 0 amide bonds. The predicted octanol–water partition coefficient (Wildman–Crippen LogP) is 18.9. The van der Waals surface area contributed by atoms with Crippen molar-refractivity contribution < 1.29 is 4.42 Å². The Morgan fingerprint density at radius 3 is 1.54 bits per heavy atom. The first-order valence-electron chi connectivity index (χ1n) is 28.0.